The van der Waals surface area contributed by atoms with Crippen LogP contribution in [0, 0.1) is 0 Å². The molecule has 0 heterocycles. The quantitative estimate of drug-likeness (QED) is 0.412. The van der Waals surface area contributed by atoms with Gasteiger partial charge in [-0.15, -0.1) is 0 Å². The molecular weight excluding hydrogens is 450 g/mol. The first kappa shape index (κ1) is 23.7. The van der Waals surface area contributed by atoms with Crippen LogP contribution in [-0.4, -0.2) is 42.7 Å². The molecule has 34 heavy (non-hydrogen) atoms. The zero-order valence-electron chi connectivity index (χ0n) is 18.9. The molecule has 0 spiro atoms. The van der Waals surface area contributed by atoms with Gasteiger partial charge in [-0.1, -0.05) is 60.7 Å². The van der Waals surface area contributed by atoms with Crippen molar-refractivity contribution in [1.29, 1.82) is 0 Å². The summed E-state index contributed by atoms with van der Waals surface area (Å²) >= 11 is 1.56. The normalized spacial score (nSPS) is 13.0. The van der Waals surface area contributed by atoms with E-state index in [2.05, 4.69) is 29.6 Å². The molecule has 6 nitrogen and oxygen atoms in total. The summed E-state index contributed by atoms with van der Waals surface area (Å²) in [5.74, 6) is 0.943. The number of carboxylic acids is 1. The lowest BCUT2D eigenvalue weighted by molar-refractivity contribution is -0.137. The third-order valence-electron chi connectivity index (χ3n) is 5.83. The molecule has 0 bridgehead atoms. The van der Waals surface area contributed by atoms with Gasteiger partial charge in [0, 0.05) is 17.4 Å². The fourth-order valence-electron chi connectivity index (χ4n) is 4.21. The van der Waals surface area contributed by atoms with E-state index in [4.69, 9.17) is 9.47 Å². The highest BCUT2D eigenvalue weighted by Gasteiger charge is 2.29. The number of hydrogen-bond donors (Lipinski definition) is 2. The van der Waals surface area contributed by atoms with Gasteiger partial charge < -0.3 is 19.9 Å². The molecule has 1 atom stereocenters. The fraction of sp³-hybridized carbons (Fsp3) is 0.259. The summed E-state index contributed by atoms with van der Waals surface area (Å²) in [6, 6.07) is 23.4. The van der Waals surface area contributed by atoms with Crippen molar-refractivity contribution in [2.75, 3.05) is 19.5 Å². The van der Waals surface area contributed by atoms with Crippen molar-refractivity contribution < 1.29 is 24.2 Å². The molecule has 0 saturated heterocycles. The average Bonchev–Trinajstić information content (AvgIpc) is 3.16. The second-order valence-electron chi connectivity index (χ2n) is 8.13. The lowest BCUT2D eigenvalue weighted by Gasteiger charge is -2.19. The van der Waals surface area contributed by atoms with E-state index in [0.29, 0.717) is 11.5 Å². The average molecular weight is 478 g/mol. The van der Waals surface area contributed by atoms with E-state index in [0.717, 1.165) is 33.6 Å². The van der Waals surface area contributed by atoms with Gasteiger partial charge >= 0.3 is 12.1 Å². The van der Waals surface area contributed by atoms with Gasteiger partial charge in [-0.3, -0.25) is 4.79 Å². The number of amides is 1. The Bertz CT molecular complexity index is 1100. The van der Waals surface area contributed by atoms with Crippen molar-refractivity contribution in [3.63, 3.8) is 0 Å². The Hall–Kier alpha value is -3.45. The van der Waals surface area contributed by atoms with Gasteiger partial charge in [-0.05, 0) is 39.9 Å². The molecule has 1 aliphatic carbocycles. The van der Waals surface area contributed by atoms with Crippen LogP contribution >= 0.6 is 11.8 Å². The van der Waals surface area contributed by atoms with E-state index in [9.17, 15) is 14.7 Å². The van der Waals surface area contributed by atoms with Crippen LogP contribution in [0.1, 0.15) is 29.0 Å². The lowest BCUT2D eigenvalue weighted by Crippen LogP contribution is -2.39. The predicted molar refractivity (Wildman–Crippen MR) is 133 cm³/mol. The number of carbonyl (C=O) groups is 2. The molecule has 3 aromatic rings. The molecular formula is C27H27NO5S. The second kappa shape index (κ2) is 11.1. The first-order chi connectivity index (χ1) is 16.5. The maximum absolute atomic E-state index is 12.6. The number of benzene rings is 3. The van der Waals surface area contributed by atoms with Crippen LogP contribution in [0.4, 0.5) is 4.79 Å². The number of methoxy groups -OCH3 is 1. The summed E-state index contributed by atoms with van der Waals surface area (Å²) in [7, 11) is 1.62. The van der Waals surface area contributed by atoms with Crippen molar-refractivity contribution >= 4 is 23.8 Å². The first-order valence-electron chi connectivity index (χ1n) is 11.1. The van der Waals surface area contributed by atoms with E-state index < -0.39 is 18.1 Å². The molecule has 0 aromatic heterocycles. The maximum Gasteiger partial charge on any atom is 0.407 e. The van der Waals surface area contributed by atoms with Crippen molar-refractivity contribution in [3.8, 4) is 16.9 Å². The monoisotopic (exact) mass is 477 g/mol. The summed E-state index contributed by atoms with van der Waals surface area (Å²) in [4.78, 5) is 23.9. The standard InChI is InChI=1S/C27H27NO5S/c1-32-20-12-10-18(11-13-20)16-34-17-19(14-26(29)30)28-27(31)33-15-25-23-8-4-2-6-21(23)22-7-3-5-9-24(22)25/h2-13,19,25H,14-17H2,1H3,(H,28,31)(H,29,30)/t19-/m1/s1. The highest BCUT2D eigenvalue weighted by Crippen LogP contribution is 2.44. The van der Waals surface area contributed by atoms with Crippen LogP contribution in [0.5, 0.6) is 5.75 Å². The van der Waals surface area contributed by atoms with Crippen molar-refractivity contribution in [2.45, 2.75) is 24.1 Å². The molecule has 0 saturated carbocycles. The van der Waals surface area contributed by atoms with Crippen LogP contribution < -0.4 is 10.1 Å². The lowest BCUT2D eigenvalue weighted by atomic mass is 9.98. The zero-order chi connectivity index (χ0) is 23.9. The number of thioether (sulfide) groups is 1. The topological polar surface area (TPSA) is 84.9 Å². The van der Waals surface area contributed by atoms with E-state index in [1.54, 1.807) is 18.9 Å². The molecule has 1 aliphatic rings. The van der Waals surface area contributed by atoms with Crippen molar-refractivity contribution in [2.24, 2.45) is 0 Å². The molecule has 1 amide bonds. The summed E-state index contributed by atoms with van der Waals surface area (Å²) in [6.07, 6.45) is -0.766. The van der Waals surface area contributed by atoms with Gasteiger partial charge in [0.2, 0.25) is 0 Å². The maximum atomic E-state index is 12.6. The molecule has 7 heteroatoms. The molecule has 0 radical (unpaired) electrons. The van der Waals surface area contributed by atoms with Crippen LogP contribution in [0.25, 0.3) is 11.1 Å². The Morgan fingerprint density at radius 1 is 0.971 bits per heavy atom. The van der Waals surface area contributed by atoms with Gasteiger partial charge in [-0.25, -0.2) is 4.79 Å². The van der Waals surface area contributed by atoms with Gasteiger partial charge in [-0.2, -0.15) is 11.8 Å². The Kier molecular flexibility index (Phi) is 7.75. The van der Waals surface area contributed by atoms with Crippen molar-refractivity contribution in [3.05, 3.63) is 89.5 Å². The van der Waals surface area contributed by atoms with Gasteiger partial charge in [0.05, 0.1) is 19.6 Å². The Morgan fingerprint density at radius 2 is 1.59 bits per heavy atom. The largest absolute Gasteiger partial charge is 0.497 e. The van der Waals surface area contributed by atoms with Crippen LogP contribution in [0.2, 0.25) is 0 Å². The Labute approximate surface area is 203 Å². The number of alkyl carbamates (subject to hydrolysis) is 1. The SMILES string of the molecule is COc1ccc(CSC[C@@H](CC(=O)O)NC(=O)OCC2c3ccccc3-c3ccccc32)cc1. The molecule has 0 aliphatic heterocycles. The summed E-state index contributed by atoms with van der Waals surface area (Å²) in [6.45, 7) is 0.193. The second-order valence-corrected chi connectivity index (χ2v) is 9.16. The summed E-state index contributed by atoms with van der Waals surface area (Å²) in [5, 5.41) is 12.0. The molecule has 2 N–H and O–H groups in total. The van der Waals surface area contributed by atoms with Gasteiger partial charge in [0.25, 0.3) is 0 Å². The van der Waals surface area contributed by atoms with E-state index in [1.165, 1.54) is 0 Å². The highest BCUT2D eigenvalue weighted by atomic mass is 32.2. The van der Waals surface area contributed by atoms with Crippen LogP contribution in [0.3, 0.4) is 0 Å². The van der Waals surface area contributed by atoms with Gasteiger partial charge in [0.1, 0.15) is 12.4 Å². The zero-order valence-corrected chi connectivity index (χ0v) is 19.7. The fourth-order valence-corrected chi connectivity index (χ4v) is 5.24. The number of hydrogen-bond acceptors (Lipinski definition) is 5. The first-order valence-corrected chi connectivity index (χ1v) is 12.2. The minimum atomic E-state index is -0.964. The predicted octanol–water partition coefficient (Wildman–Crippen LogP) is 5.31. The number of carbonyl (C=O) groups excluding carboxylic acids is 1. The van der Waals surface area contributed by atoms with Gasteiger partial charge in [0.15, 0.2) is 0 Å². The molecule has 176 valence electrons. The molecule has 3 aromatic carbocycles. The number of carboxylic acid groups (broad SMARTS) is 1. The smallest absolute Gasteiger partial charge is 0.407 e. The summed E-state index contributed by atoms with van der Waals surface area (Å²) < 4.78 is 10.7. The molecule has 0 unspecified atom stereocenters. The molecule has 0 fully saturated rings. The summed E-state index contributed by atoms with van der Waals surface area (Å²) in [5.41, 5.74) is 5.68. The minimum absolute atomic E-state index is 0.0412. The number of rotatable bonds is 10. The van der Waals surface area contributed by atoms with E-state index >= 15 is 0 Å². The Morgan fingerprint density at radius 3 is 2.18 bits per heavy atom. The minimum Gasteiger partial charge on any atom is -0.497 e. The number of nitrogens with one attached hydrogen (secondary N) is 1. The van der Waals surface area contributed by atoms with E-state index in [1.807, 2.05) is 48.5 Å². The third kappa shape index (κ3) is 5.72. The number of fused-ring (bicyclic) bond motifs is 3. The third-order valence-corrected chi connectivity index (χ3v) is 7.01. The van der Waals surface area contributed by atoms with E-state index in [-0.39, 0.29) is 18.9 Å². The van der Waals surface area contributed by atoms with Crippen LogP contribution in [0.15, 0.2) is 72.8 Å². The van der Waals surface area contributed by atoms with Crippen LogP contribution in [-0.2, 0) is 15.3 Å². The highest BCUT2D eigenvalue weighted by molar-refractivity contribution is 7.98. The number of ether oxygens (including phenoxy) is 2. The number of aliphatic carboxylic acids is 1. The Balaban J connectivity index is 1.32. The van der Waals surface area contributed by atoms with Crippen molar-refractivity contribution in [1.82, 2.24) is 5.32 Å². The molecule has 4 rings (SSSR count).